The Balaban J connectivity index is 2.78. The van der Waals surface area contributed by atoms with E-state index in [4.69, 9.17) is 26.7 Å². The molecule has 1 unspecified atom stereocenters. The molecular formula is C11H11ClN2O3. The number of rotatable bonds is 5. The van der Waals surface area contributed by atoms with Gasteiger partial charge in [-0.15, -0.1) is 0 Å². The molecule has 0 amide bonds. The van der Waals surface area contributed by atoms with Gasteiger partial charge in [0.2, 0.25) is 0 Å². The molecule has 0 radical (unpaired) electrons. The summed E-state index contributed by atoms with van der Waals surface area (Å²) >= 11 is 5.79. The van der Waals surface area contributed by atoms with Gasteiger partial charge < -0.3 is 15.2 Å². The molecule has 0 fully saturated rings. The highest BCUT2D eigenvalue weighted by molar-refractivity contribution is 6.30. The van der Waals surface area contributed by atoms with E-state index in [0.29, 0.717) is 16.3 Å². The molecular weight excluding hydrogens is 244 g/mol. The van der Waals surface area contributed by atoms with Gasteiger partial charge in [-0.2, -0.15) is 5.26 Å². The third kappa shape index (κ3) is 3.63. The van der Waals surface area contributed by atoms with E-state index >= 15 is 0 Å². The van der Waals surface area contributed by atoms with Gasteiger partial charge in [0.05, 0.1) is 17.8 Å². The van der Waals surface area contributed by atoms with Gasteiger partial charge in [-0.05, 0) is 18.2 Å². The van der Waals surface area contributed by atoms with E-state index in [1.54, 1.807) is 18.2 Å². The number of hydrogen-bond donors (Lipinski definition) is 2. The van der Waals surface area contributed by atoms with Crippen molar-refractivity contribution in [3.05, 3.63) is 28.8 Å². The fourth-order valence-corrected chi connectivity index (χ4v) is 1.41. The summed E-state index contributed by atoms with van der Waals surface area (Å²) in [6, 6.07) is 6.70. The summed E-state index contributed by atoms with van der Waals surface area (Å²) in [5.41, 5.74) is 0.887. The summed E-state index contributed by atoms with van der Waals surface area (Å²) in [5.74, 6) is -1.07. The van der Waals surface area contributed by atoms with Gasteiger partial charge in [-0.1, -0.05) is 11.6 Å². The lowest BCUT2D eigenvalue weighted by Crippen LogP contribution is -2.30. The van der Waals surface area contributed by atoms with Crippen LogP contribution in [-0.4, -0.2) is 30.8 Å². The molecule has 0 heterocycles. The maximum Gasteiger partial charge on any atom is 0.334 e. The van der Waals surface area contributed by atoms with E-state index in [2.05, 4.69) is 5.32 Å². The van der Waals surface area contributed by atoms with Crippen molar-refractivity contribution in [3.8, 4) is 6.07 Å². The molecule has 1 aromatic rings. The first kappa shape index (κ1) is 13.3. The quantitative estimate of drug-likeness (QED) is 0.836. The topological polar surface area (TPSA) is 82.3 Å². The summed E-state index contributed by atoms with van der Waals surface area (Å²) in [7, 11) is 1.31. The van der Waals surface area contributed by atoms with Crippen LogP contribution in [-0.2, 0) is 9.53 Å². The minimum Gasteiger partial charge on any atom is -0.479 e. The molecule has 0 aliphatic rings. The smallest absolute Gasteiger partial charge is 0.334 e. The predicted octanol–water partition coefficient (Wildman–Crippen LogP) is 1.72. The number of carboxylic acids is 1. The summed E-state index contributed by atoms with van der Waals surface area (Å²) in [4.78, 5) is 10.7. The Morgan fingerprint density at radius 1 is 1.71 bits per heavy atom. The van der Waals surface area contributed by atoms with Gasteiger partial charge in [0, 0.05) is 12.1 Å². The van der Waals surface area contributed by atoms with Crippen molar-refractivity contribution in [2.75, 3.05) is 19.0 Å². The second-order valence-corrected chi connectivity index (χ2v) is 3.68. The number of carbonyl (C=O) groups is 1. The fourth-order valence-electron chi connectivity index (χ4n) is 1.23. The Morgan fingerprint density at radius 2 is 2.41 bits per heavy atom. The fraction of sp³-hybridized carbons (Fsp3) is 0.273. The highest BCUT2D eigenvalue weighted by Gasteiger charge is 2.16. The van der Waals surface area contributed by atoms with Gasteiger partial charge in [0.15, 0.2) is 6.10 Å². The van der Waals surface area contributed by atoms with Gasteiger partial charge in [-0.25, -0.2) is 4.79 Å². The van der Waals surface area contributed by atoms with E-state index in [-0.39, 0.29) is 6.54 Å². The van der Waals surface area contributed by atoms with E-state index in [0.717, 1.165) is 0 Å². The maximum absolute atomic E-state index is 10.7. The minimum absolute atomic E-state index is 0.0564. The number of nitrogens with zero attached hydrogens (tertiary/aromatic N) is 1. The average Bonchev–Trinajstić information content (AvgIpc) is 2.29. The molecule has 0 saturated carbocycles. The number of hydrogen-bond acceptors (Lipinski definition) is 4. The number of benzene rings is 1. The Labute approximate surface area is 104 Å². The van der Waals surface area contributed by atoms with Crippen molar-refractivity contribution < 1.29 is 14.6 Å². The molecule has 0 aliphatic carbocycles. The third-order valence-electron chi connectivity index (χ3n) is 2.14. The zero-order valence-electron chi connectivity index (χ0n) is 9.11. The first-order valence-electron chi connectivity index (χ1n) is 4.77. The van der Waals surface area contributed by atoms with Crippen LogP contribution in [0.3, 0.4) is 0 Å². The summed E-state index contributed by atoms with van der Waals surface area (Å²) in [6.07, 6.45) is -0.972. The number of methoxy groups -OCH3 is 1. The van der Waals surface area contributed by atoms with Crippen LogP contribution in [0.1, 0.15) is 5.56 Å². The van der Waals surface area contributed by atoms with Crippen LogP contribution in [0.15, 0.2) is 18.2 Å². The van der Waals surface area contributed by atoms with Crippen LogP contribution in [0.2, 0.25) is 5.02 Å². The number of nitrogens with one attached hydrogen (secondary N) is 1. The molecule has 90 valence electrons. The normalized spacial score (nSPS) is 11.6. The molecule has 0 saturated heterocycles. The van der Waals surface area contributed by atoms with Crippen molar-refractivity contribution in [1.82, 2.24) is 0 Å². The van der Waals surface area contributed by atoms with Crippen molar-refractivity contribution in [2.24, 2.45) is 0 Å². The van der Waals surface area contributed by atoms with Crippen LogP contribution in [0.4, 0.5) is 5.69 Å². The second-order valence-electron chi connectivity index (χ2n) is 3.25. The minimum atomic E-state index is -1.07. The largest absolute Gasteiger partial charge is 0.479 e. The molecule has 1 atom stereocenters. The van der Waals surface area contributed by atoms with Crippen LogP contribution in [0, 0.1) is 11.3 Å². The molecule has 0 aliphatic heterocycles. The number of ether oxygens (including phenoxy) is 1. The highest BCUT2D eigenvalue weighted by atomic mass is 35.5. The number of aliphatic carboxylic acids is 1. The van der Waals surface area contributed by atoms with Crippen LogP contribution in [0.5, 0.6) is 0 Å². The van der Waals surface area contributed by atoms with Crippen molar-refractivity contribution in [3.63, 3.8) is 0 Å². The van der Waals surface area contributed by atoms with Crippen molar-refractivity contribution in [2.45, 2.75) is 6.10 Å². The van der Waals surface area contributed by atoms with Crippen molar-refractivity contribution in [1.29, 1.82) is 5.26 Å². The average molecular weight is 255 g/mol. The SMILES string of the molecule is COC(CNc1cc(Cl)ccc1C#N)C(=O)O. The summed E-state index contributed by atoms with van der Waals surface area (Å²) in [5, 5.41) is 20.9. The van der Waals surface area contributed by atoms with Crippen LogP contribution in [0.25, 0.3) is 0 Å². The van der Waals surface area contributed by atoms with Gasteiger partial charge in [0.25, 0.3) is 0 Å². The molecule has 2 N–H and O–H groups in total. The zero-order chi connectivity index (χ0) is 12.8. The molecule has 0 bridgehead atoms. The van der Waals surface area contributed by atoms with E-state index in [9.17, 15) is 4.79 Å². The Hall–Kier alpha value is -1.77. The highest BCUT2D eigenvalue weighted by Crippen LogP contribution is 2.20. The molecule has 6 heteroatoms. The van der Waals surface area contributed by atoms with Crippen LogP contribution >= 0.6 is 11.6 Å². The lowest BCUT2D eigenvalue weighted by atomic mass is 10.2. The molecule has 5 nitrogen and oxygen atoms in total. The Kier molecular flexibility index (Phi) is 4.76. The lowest BCUT2D eigenvalue weighted by molar-refractivity contribution is -0.147. The number of anilines is 1. The van der Waals surface area contributed by atoms with Gasteiger partial charge in [0.1, 0.15) is 6.07 Å². The number of halogens is 1. The lowest BCUT2D eigenvalue weighted by Gasteiger charge is -2.13. The number of carboxylic acid groups (broad SMARTS) is 1. The van der Waals surface area contributed by atoms with Gasteiger partial charge >= 0.3 is 5.97 Å². The third-order valence-corrected chi connectivity index (χ3v) is 2.38. The number of nitriles is 1. The first-order chi connectivity index (χ1) is 8.08. The standard InChI is InChI=1S/C11H11ClN2O3/c1-17-10(11(15)16)6-14-9-4-8(12)3-2-7(9)5-13/h2-4,10,14H,6H2,1H3,(H,15,16). The Morgan fingerprint density at radius 3 is 2.94 bits per heavy atom. The molecule has 1 aromatic carbocycles. The molecule has 1 rings (SSSR count). The zero-order valence-corrected chi connectivity index (χ0v) is 9.86. The van der Waals surface area contributed by atoms with Crippen molar-refractivity contribution >= 4 is 23.3 Å². The van der Waals surface area contributed by atoms with E-state index < -0.39 is 12.1 Å². The van der Waals surface area contributed by atoms with E-state index in [1.165, 1.54) is 7.11 Å². The predicted molar refractivity (Wildman–Crippen MR) is 63.1 cm³/mol. The monoisotopic (exact) mass is 254 g/mol. The first-order valence-corrected chi connectivity index (χ1v) is 5.15. The Bertz CT molecular complexity index is 457. The molecule has 0 spiro atoms. The summed E-state index contributed by atoms with van der Waals surface area (Å²) < 4.78 is 4.76. The van der Waals surface area contributed by atoms with Gasteiger partial charge in [-0.3, -0.25) is 0 Å². The van der Waals surface area contributed by atoms with E-state index in [1.807, 2.05) is 6.07 Å². The maximum atomic E-state index is 10.7. The van der Waals surface area contributed by atoms with Crippen LogP contribution < -0.4 is 5.32 Å². The summed E-state index contributed by atoms with van der Waals surface area (Å²) in [6.45, 7) is 0.0564. The molecule has 0 aromatic heterocycles. The molecule has 17 heavy (non-hydrogen) atoms. The second kappa shape index (κ2) is 6.09.